The summed E-state index contributed by atoms with van der Waals surface area (Å²) in [6.07, 6.45) is 0. The molecule has 1 aliphatic rings. The highest BCUT2D eigenvalue weighted by Crippen LogP contribution is 2.33. The molecule has 0 bridgehead atoms. The van der Waals surface area contributed by atoms with Crippen LogP contribution in [0.1, 0.15) is 34.6 Å². The third kappa shape index (κ3) is 4.32. The van der Waals surface area contributed by atoms with E-state index in [0.717, 1.165) is 0 Å². The van der Waals surface area contributed by atoms with E-state index >= 15 is 0 Å². The quantitative estimate of drug-likeness (QED) is 0.796. The third-order valence-electron chi connectivity index (χ3n) is 3.93. The molecule has 0 saturated heterocycles. The Balaban J connectivity index is 2.24. The first-order chi connectivity index (χ1) is 12.0. The van der Waals surface area contributed by atoms with Crippen LogP contribution in [0.2, 0.25) is 5.02 Å². The van der Waals surface area contributed by atoms with E-state index in [9.17, 15) is 14.0 Å². The number of nitrogens with one attached hydrogen (secondary N) is 1. The molecule has 1 aromatic rings. The topological polar surface area (TPSA) is 58.6 Å². The lowest BCUT2D eigenvalue weighted by Gasteiger charge is -2.40. The van der Waals surface area contributed by atoms with Crippen LogP contribution in [-0.2, 0) is 14.3 Å². The number of hydrogen-bond acceptors (Lipinski definition) is 4. The van der Waals surface area contributed by atoms with Gasteiger partial charge in [-0.25, -0.2) is 4.39 Å². The second-order valence-corrected chi connectivity index (χ2v) is 8.72. The van der Waals surface area contributed by atoms with Gasteiger partial charge in [-0.2, -0.15) is 0 Å². The van der Waals surface area contributed by atoms with Gasteiger partial charge in [0.15, 0.2) is 6.73 Å². The largest absolute Gasteiger partial charge is 0.476 e. The summed E-state index contributed by atoms with van der Waals surface area (Å²) in [6, 6.07) is 3.88. The van der Waals surface area contributed by atoms with Crippen molar-refractivity contribution in [1.82, 2.24) is 4.90 Å². The van der Waals surface area contributed by atoms with Gasteiger partial charge in [0.05, 0.1) is 5.69 Å². The number of rotatable bonds is 5. The zero-order chi connectivity index (χ0) is 19.6. The average Bonchev–Trinajstić information content (AvgIpc) is 2.54. The Kier molecular flexibility index (Phi) is 6.24. The van der Waals surface area contributed by atoms with E-state index in [4.69, 9.17) is 16.3 Å². The molecule has 5 nitrogen and oxygen atoms in total. The van der Waals surface area contributed by atoms with Crippen LogP contribution in [0.3, 0.4) is 0 Å². The van der Waals surface area contributed by atoms with Gasteiger partial charge in [-0.3, -0.25) is 14.5 Å². The van der Waals surface area contributed by atoms with E-state index in [2.05, 4.69) is 5.32 Å². The van der Waals surface area contributed by atoms with Crippen molar-refractivity contribution in [3.63, 3.8) is 0 Å². The zero-order valence-corrected chi connectivity index (χ0v) is 16.9. The van der Waals surface area contributed by atoms with Crippen molar-refractivity contribution in [1.29, 1.82) is 0 Å². The van der Waals surface area contributed by atoms with E-state index in [1.54, 1.807) is 20.8 Å². The van der Waals surface area contributed by atoms with Gasteiger partial charge in [-0.15, -0.1) is 11.8 Å². The fourth-order valence-corrected chi connectivity index (χ4v) is 3.41. The molecule has 0 saturated carbocycles. The highest BCUT2D eigenvalue weighted by atomic mass is 35.5. The van der Waals surface area contributed by atoms with Crippen LogP contribution in [0.25, 0.3) is 0 Å². The van der Waals surface area contributed by atoms with Gasteiger partial charge in [0.1, 0.15) is 22.0 Å². The van der Waals surface area contributed by atoms with Crippen LogP contribution in [0.15, 0.2) is 28.9 Å². The lowest BCUT2D eigenvalue weighted by atomic mass is 10.0. The van der Waals surface area contributed by atoms with Crippen molar-refractivity contribution < 1.29 is 18.7 Å². The van der Waals surface area contributed by atoms with Crippen LogP contribution in [0.4, 0.5) is 10.1 Å². The van der Waals surface area contributed by atoms with Crippen molar-refractivity contribution in [3.05, 3.63) is 39.7 Å². The Morgan fingerprint density at radius 3 is 2.69 bits per heavy atom. The molecule has 1 aliphatic heterocycles. The number of anilines is 1. The molecule has 1 N–H and O–H groups in total. The zero-order valence-electron chi connectivity index (χ0n) is 15.4. The van der Waals surface area contributed by atoms with Crippen molar-refractivity contribution in [2.24, 2.45) is 0 Å². The highest BCUT2D eigenvalue weighted by molar-refractivity contribution is 8.04. The predicted octanol–water partition coefficient (Wildman–Crippen LogP) is 4.39. The minimum Gasteiger partial charge on any atom is -0.476 e. The van der Waals surface area contributed by atoms with Crippen LogP contribution in [0.5, 0.6) is 0 Å². The van der Waals surface area contributed by atoms with Gasteiger partial charge < -0.3 is 10.1 Å². The number of nitrogens with zero attached hydrogens (tertiary/aromatic N) is 1. The smallest absolute Gasteiger partial charge is 0.267 e. The maximum Gasteiger partial charge on any atom is 0.267 e. The Morgan fingerprint density at radius 2 is 2.08 bits per heavy atom. The number of thioether (sulfide) groups is 1. The molecule has 2 amide bonds. The Labute approximate surface area is 161 Å². The van der Waals surface area contributed by atoms with Gasteiger partial charge in [0, 0.05) is 10.3 Å². The number of benzene rings is 1. The standard InChI is InChI=1S/C18H22ClFN2O3S/c1-10(2)26-15-11(3)25-9-22(16(15)23)18(4,5)17(24)21-14-8-12(19)6-7-13(14)20/h6-8,10H,9H2,1-5H3,(H,21,24). The number of halogens is 2. The van der Waals surface area contributed by atoms with E-state index < -0.39 is 17.3 Å². The van der Waals surface area contributed by atoms with Crippen molar-refractivity contribution >= 4 is 40.9 Å². The summed E-state index contributed by atoms with van der Waals surface area (Å²) < 4.78 is 19.5. The lowest BCUT2D eigenvalue weighted by Crippen LogP contribution is -2.57. The fourth-order valence-electron chi connectivity index (χ4n) is 2.33. The Hall–Kier alpha value is -1.73. The van der Waals surface area contributed by atoms with Crippen molar-refractivity contribution in [2.75, 3.05) is 12.0 Å². The molecule has 0 fully saturated rings. The number of allylic oxidation sites excluding steroid dienone is 1. The van der Waals surface area contributed by atoms with Crippen LogP contribution in [-0.4, -0.2) is 34.2 Å². The van der Waals surface area contributed by atoms with Gasteiger partial charge >= 0.3 is 0 Å². The predicted molar refractivity (Wildman–Crippen MR) is 102 cm³/mol. The van der Waals surface area contributed by atoms with Crippen molar-refractivity contribution in [2.45, 2.75) is 45.4 Å². The van der Waals surface area contributed by atoms with Crippen LogP contribution >= 0.6 is 23.4 Å². The first kappa shape index (κ1) is 20.6. The lowest BCUT2D eigenvalue weighted by molar-refractivity contribution is -0.148. The van der Waals surface area contributed by atoms with Gasteiger partial charge in [0.25, 0.3) is 5.91 Å². The molecule has 0 radical (unpaired) electrons. The molecule has 2 rings (SSSR count). The maximum atomic E-state index is 13.9. The second kappa shape index (κ2) is 7.88. The molecule has 0 unspecified atom stereocenters. The molecule has 1 aromatic carbocycles. The van der Waals surface area contributed by atoms with E-state index in [1.165, 1.54) is 34.9 Å². The van der Waals surface area contributed by atoms with E-state index in [1.807, 2.05) is 13.8 Å². The first-order valence-corrected chi connectivity index (χ1v) is 9.38. The summed E-state index contributed by atoms with van der Waals surface area (Å²) in [5.74, 6) is -0.878. The highest BCUT2D eigenvalue weighted by Gasteiger charge is 2.42. The van der Waals surface area contributed by atoms with Gasteiger partial charge in [-0.05, 0) is 39.0 Å². The normalized spacial score (nSPS) is 15.4. The number of hydrogen-bond donors (Lipinski definition) is 1. The Morgan fingerprint density at radius 1 is 1.42 bits per heavy atom. The fraction of sp³-hybridized carbons (Fsp3) is 0.444. The summed E-state index contributed by atoms with van der Waals surface area (Å²) in [4.78, 5) is 27.5. The van der Waals surface area contributed by atoms with Gasteiger partial charge in [-0.1, -0.05) is 25.4 Å². The van der Waals surface area contributed by atoms with E-state index in [0.29, 0.717) is 15.7 Å². The monoisotopic (exact) mass is 400 g/mol. The maximum absolute atomic E-state index is 13.9. The van der Waals surface area contributed by atoms with E-state index in [-0.39, 0.29) is 23.6 Å². The molecule has 0 spiro atoms. The molecule has 0 aliphatic carbocycles. The number of carbonyl (C=O) groups is 2. The molecule has 0 aromatic heterocycles. The minimum absolute atomic E-state index is 0.0375. The minimum atomic E-state index is -1.25. The SMILES string of the molecule is CC1=C(SC(C)C)C(=O)N(C(C)(C)C(=O)Nc2cc(Cl)ccc2F)CO1. The number of ether oxygens (including phenoxy) is 1. The van der Waals surface area contributed by atoms with Crippen LogP contribution in [0, 0.1) is 5.82 Å². The van der Waals surface area contributed by atoms with Crippen molar-refractivity contribution in [3.8, 4) is 0 Å². The molecule has 26 heavy (non-hydrogen) atoms. The Bertz CT molecular complexity index is 765. The summed E-state index contributed by atoms with van der Waals surface area (Å²) in [5, 5.41) is 2.99. The molecule has 142 valence electrons. The molecule has 1 heterocycles. The van der Waals surface area contributed by atoms with Gasteiger partial charge in [0.2, 0.25) is 5.91 Å². The molecular formula is C18H22ClFN2O3S. The third-order valence-corrected chi connectivity index (χ3v) is 5.33. The second-order valence-electron chi connectivity index (χ2n) is 6.70. The summed E-state index contributed by atoms with van der Waals surface area (Å²) in [5.41, 5.74) is -1.29. The average molecular weight is 401 g/mol. The summed E-state index contributed by atoms with van der Waals surface area (Å²) in [7, 11) is 0. The molecular weight excluding hydrogens is 379 g/mol. The molecule has 8 heteroatoms. The molecule has 0 atom stereocenters. The number of carbonyl (C=O) groups excluding carboxylic acids is 2. The first-order valence-electron chi connectivity index (χ1n) is 8.13. The van der Waals surface area contributed by atoms with Crippen LogP contribution < -0.4 is 5.32 Å². The number of amides is 2. The summed E-state index contributed by atoms with van der Waals surface area (Å²) >= 11 is 7.24. The summed E-state index contributed by atoms with van der Waals surface area (Å²) in [6.45, 7) is 8.79.